The van der Waals surface area contributed by atoms with Crippen LogP contribution in [0.25, 0.3) is 11.0 Å². The van der Waals surface area contributed by atoms with Crippen LogP contribution in [0.15, 0.2) is 18.5 Å². The van der Waals surface area contributed by atoms with E-state index in [1.165, 1.54) is 6.20 Å². The lowest BCUT2D eigenvalue weighted by molar-refractivity contribution is 0.0699. The third kappa shape index (κ3) is 1.41. The van der Waals surface area contributed by atoms with Crippen LogP contribution < -0.4 is 5.73 Å². The minimum Gasteiger partial charge on any atom is -0.478 e. The van der Waals surface area contributed by atoms with Crippen molar-refractivity contribution in [2.75, 3.05) is 5.73 Å². The molecular weight excluding hydrogens is 194 g/mol. The van der Waals surface area contributed by atoms with Gasteiger partial charge in [-0.1, -0.05) is 0 Å². The quantitative estimate of drug-likeness (QED) is 0.775. The van der Waals surface area contributed by atoms with Crippen LogP contribution in [-0.2, 0) is 6.54 Å². The van der Waals surface area contributed by atoms with Crippen molar-refractivity contribution in [2.24, 2.45) is 0 Å². The molecule has 2 heterocycles. The van der Waals surface area contributed by atoms with E-state index in [4.69, 9.17) is 10.8 Å². The summed E-state index contributed by atoms with van der Waals surface area (Å²) in [5.41, 5.74) is 6.95. The van der Waals surface area contributed by atoms with Crippen molar-refractivity contribution in [1.82, 2.24) is 9.55 Å². The molecule has 0 saturated carbocycles. The maximum atomic E-state index is 11.0. The molecule has 0 aliphatic heterocycles. The van der Waals surface area contributed by atoms with Crippen molar-refractivity contribution in [1.29, 1.82) is 0 Å². The first kappa shape index (κ1) is 9.51. The molecule has 0 amide bonds. The fourth-order valence-corrected chi connectivity index (χ4v) is 1.60. The van der Waals surface area contributed by atoms with Gasteiger partial charge in [-0.3, -0.25) is 0 Å². The predicted octanol–water partition coefficient (Wildman–Crippen LogP) is 1.34. The zero-order valence-corrected chi connectivity index (χ0v) is 8.27. The van der Waals surface area contributed by atoms with Gasteiger partial charge in [-0.2, -0.15) is 0 Å². The first-order valence-electron chi connectivity index (χ1n) is 4.61. The molecule has 0 aliphatic carbocycles. The minimum atomic E-state index is -0.959. The highest BCUT2D eigenvalue weighted by molar-refractivity contribution is 6.03. The fourth-order valence-electron chi connectivity index (χ4n) is 1.60. The van der Waals surface area contributed by atoms with E-state index in [0.29, 0.717) is 23.3 Å². The smallest absolute Gasteiger partial charge is 0.337 e. The number of hydrogen-bond donors (Lipinski definition) is 2. The summed E-state index contributed by atoms with van der Waals surface area (Å²) in [5, 5.41) is 9.59. The number of fused-ring (bicyclic) bond motifs is 1. The first-order chi connectivity index (χ1) is 7.13. The summed E-state index contributed by atoms with van der Waals surface area (Å²) >= 11 is 0. The van der Waals surface area contributed by atoms with Crippen molar-refractivity contribution >= 4 is 22.7 Å². The second-order valence-electron chi connectivity index (χ2n) is 3.27. The molecule has 78 valence electrons. The normalized spacial score (nSPS) is 10.7. The second kappa shape index (κ2) is 3.27. The van der Waals surface area contributed by atoms with Crippen LogP contribution in [0.1, 0.15) is 17.3 Å². The molecule has 2 rings (SSSR count). The number of anilines is 1. The number of hydrogen-bond acceptors (Lipinski definition) is 3. The van der Waals surface area contributed by atoms with Gasteiger partial charge in [-0.05, 0) is 13.0 Å². The highest BCUT2D eigenvalue weighted by Crippen LogP contribution is 2.21. The molecule has 2 aromatic heterocycles. The number of carboxylic acid groups (broad SMARTS) is 1. The predicted molar refractivity (Wildman–Crippen MR) is 56.8 cm³/mol. The van der Waals surface area contributed by atoms with Crippen molar-refractivity contribution in [3.63, 3.8) is 0 Å². The van der Waals surface area contributed by atoms with Crippen molar-refractivity contribution in [2.45, 2.75) is 13.5 Å². The average Bonchev–Trinajstić information content (AvgIpc) is 2.55. The highest BCUT2D eigenvalue weighted by Gasteiger charge is 2.14. The molecule has 0 bridgehead atoms. The largest absolute Gasteiger partial charge is 0.478 e. The van der Waals surface area contributed by atoms with Gasteiger partial charge in [-0.15, -0.1) is 0 Å². The topological polar surface area (TPSA) is 81.1 Å². The molecule has 5 heteroatoms. The lowest BCUT2D eigenvalue weighted by Gasteiger charge is -1.98. The van der Waals surface area contributed by atoms with Crippen molar-refractivity contribution in [3.05, 3.63) is 24.0 Å². The summed E-state index contributed by atoms with van der Waals surface area (Å²) in [7, 11) is 0. The average molecular weight is 205 g/mol. The van der Waals surface area contributed by atoms with Crippen LogP contribution in [0.5, 0.6) is 0 Å². The number of nitrogens with zero attached hydrogens (tertiary/aromatic N) is 2. The van der Waals surface area contributed by atoms with Gasteiger partial charge in [0.2, 0.25) is 0 Å². The Bertz CT molecular complexity index is 531. The van der Waals surface area contributed by atoms with Crippen LogP contribution >= 0.6 is 0 Å². The molecular formula is C10H11N3O2. The monoisotopic (exact) mass is 205 g/mol. The number of aromatic nitrogens is 2. The number of pyridine rings is 1. The summed E-state index contributed by atoms with van der Waals surface area (Å²) in [4.78, 5) is 15.1. The molecule has 0 spiro atoms. The first-order valence-corrected chi connectivity index (χ1v) is 4.61. The number of rotatable bonds is 2. The number of aromatic carboxylic acids is 1. The van der Waals surface area contributed by atoms with Gasteiger partial charge >= 0.3 is 5.97 Å². The van der Waals surface area contributed by atoms with E-state index in [1.807, 2.05) is 6.92 Å². The molecule has 5 nitrogen and oxygen atoms in total. The van der Waals surface area contributed by atoms with Gasteiger partial charge in [0.25, 0.3) is 0 Å². The molecule has 0 atom stereocenters. The van der Waals surface area contributed by atoms with E-state index in [-0.39, 0.29) is 5.56 Å². The maximum Gasteiger partial charge on any atom is 0.337 e. The Balaban J connectivity index is 2.81. The Morgan fingerprint density at radius 1 is 1.67 bits per heavy atom. The van der Waals surface area contributed by atoms with Gasteiger partial charge in [0.15, 0.2) is 0 Å². The number of aryl methyl sites for hydroxylation is 1. The summed E-state index contributed by atoms with van der Waals surface area (Å²) in [6, 6.07) is 1.64. The Morgan fingerprint density at radius 2 is 2.40 bits per heavy atom. The Labute approximate surface area is 86.1 Å². The Hall–Kier alpha value is -2.04. The Morgan fingerprint density at radius 3 is 3.00 bits per heavy atom. The van der Waals surface area contributed by atoms with Crippen LogP contribution in [0, 0.1) is 0 Å². The van der Waals surface area contributed by atoms with Crippen molar-refractivity contribution in [3.8, 4) is 0 Å². The third-order valence-corrected chi connectivity index (χ3v) is 2.31. The second-order valence-corrected chi connectivity index (χ2v) is 3.27. The molecule has 0 aromatic carbocycles. The van der Waals surface area contributed by atoms with Crippen LogP contribution in [0.4, 0.5) is 5.69 Å². The summed E-state index contributed by atoms with van der Waals surface area (Å²) in [5.74, 6) is -0.959. The fraction of sp³-hybridized carbons (Fsp3) is 0.200. The summed E-state index contributed by atoms with van der Waals surface area (Å²) in [6.45, 7) is 2.61. The number of carboxylic acids is 1. The molecule has 0 aliphatic rings. The molecule has 2 aromatic rings. The molecule has 0 fully saturated rings. The van der Waals surface area contributed by atoms with Crippen molar-refractivity contribution < 1.29 is 9.90 Å². The molecule has 0 unspecified atom stereocenters. The molecule has 3 N–H and O–H groups in total. The van der Waals surface area contributed by atoms with E-state index in [1.54, 1.807) is 16.8 Å². The Kier molecular flexibility index (Phi) is 2.07. The number of carbonyl (C=O) groups is 1. The maximum absolute atomic E-state index is 11.0. The SMILES string of the molecule is CCn1cc(C(=O)O)c2cc(N)cnc21. The number of nitrogen functional groups attached to an aromatic ring is 1. The van der Waals surface area contributed by atoms with Crippen LogP contribution in [0.3, 0.4) is 0 Å². The summed E-state index contributed by atoms with van der Waals surface area (Å²) in [6.07, 6.45) is 3.11. The van der Waals surface area contributed by atoms with E-state index in [2.05, 4.69) is 4.98 Å². The highest BCUT2D eigenvalue weighted by atomic mass is 16.4. The zero-order chi connectivity index (χ0) is 11.0. The standard InChI is InChI=1S/C10H11N3O2/c1-2-13-5-8(10(14)15)7-3-6(11)4-12-9(7)13/h3-5H,2,11H2,1H3,(H,14,15). The van der Waals surface area contributed by atoms with E-state index >= 15 is 0 Å². The molecule has 15 heavy (non-hydrogen) atoms. The molecule has 0 radical (unpaired) electrons. The summed E-state index contributed by atoms with van der Waals surface area (Å²) < 4.78 is 1.79. The van der Waals surface area contributed by atoms with Crippen LogP contribution in [0.2, 0.25) is 0 Å². The minimum absolute atomic E-state index is 0.242. The van der Waals surface area contributed by atoms with Gasteiger partial charge in [0.05, 0.1) is 17.4 Å². The van der Waals surface area contributed by atoms with E-state index in [0.717, 1.165) is 0 Å². The lowest BCUT2D eigenvalue weighted by atomic mass is 10.2. The van der Waals surface area contributed by atoms with Gasteiger partial charge in [0.1, 0.15) is 5.65 Å². The lowest BCUT2D eigenvalue weighted by Crippen LogP contribution is -1.94. The van der Waals surface area contributed by atoms with E-state index < -0.39 is 5.97 Å². The third-order valence-electron chi connectivity index (χ3n) is 2.31. The molecule has 0 saturated heterocycles. The van der Waals surface area contributed by atoms with Gasteiger partial charge in [-0.25, -0.2) is 9.78 Å². The zero-order valence-electron chi connectivity index (χ0n) is 8.27. The van der Waals surface area contributed by atoms with Gasteiger partial charge in [0, 0.05) is 18.1 Å². The van der Waals surface area contributed by atoms with Crippen LogP contribution in [-0.4, -0.2) is 20.6 Å². The van der Waals surface area contributed by atoms with Gasteiger partial charge < -0.3 is 15.4 Å². The van der Waals surface area contributed by atoms with E-state index in [9.17, 15) is 4.79 Å². The number of nitrogens with two attached hydrogens (primary N) is 1.